The second kappa shape index (κ2) is 6.20. The van der Waals surface area contributed by atoms with Crippen LogP contribution in [0.5, 0.6) is 5.75 Å². The van der Waals surface area contributed by atoms with Crippen LogP contribution in [0.4, 0.5) is 0 Å². The number of carbonyl (C=O) groups is 1. The molecule has 0 aliphatic carbocycles. The van der Waals surface area contributed by atoms with E-state index >= 15 is 0 Å². The van der Waals surface area contributed by atoms with Crippen molar-refractivity contribution in [2.75, 3.05) is 20.2 Å². The topological polar surface area (TPSA) is 29.5 Å². The van der Waals surface area contributed by atoms with E-state index in [1.54, 1.807) is 7.11 Å². The number of piperidine rings is 1. The molecular weight excluding hydrogens is 238 g/mol. The molecule has 1 heterocycles. The summed E-state index contributed by atoms with van der Waals surface area (Å²) >= 11 is 0. The van der Waals surface area contributed by atoms with Crippen molar-refractivity contribution in [3.05, 3.63) is 29.8 Å². The summed E-state index contributed by atoms with van der Waals surface area (Å²) < 4.78 is 5.17. The maximum Gasteiger partial charge on any atom is 0.176 e. The monoisotopic (exact) mass is 261 g/mol. The smallest absolute Gasteiger partial charge is 0.176 e. The number of ether oxygens (including phenoxy) is 1. The van der Waals surface area contributed by atoms with E-state index in [0.717, 1.165) is 17.9 Å². The number of methoxy groups -OCH3 is 1. The van der Waals surface area contributed by atoms with Crippen LogP contribution >= 0.6 is 0 Å². The number of likely N-dealkylation sites (tertiary alicyclic amines) is 1. The van der Waals surface area contributed by atoms with E-state index in [1.165, 1.54) is 12.8 Å². The SMILES string of the molecule is COc1cccc(C(=O)CN2CC(C)CCC2C)c1. The van der Waals surface area contributed by atoms with Gasteiger partial charge >= 0.3 is 0 Å². The van der Waals surface area contributed by atoms with Crippen molar-refractivity contribution in [3.63, 3.8) is 0 Å². The lowest BCUT2D eigenvalue weighted by Gasteiger charge is -2.36. The minimum Gasteiger partial charge on any atom is -0.497 e. The van der Waals surface area contributed by atoms with Crippen LogP contribution in [-0.4, -0.2) is 36.9 Å². The van der Waals surface area contributed by atoms with Gasteiger partial charge in [-0.1, -0.05) is 19.1 Å². The fourth-order valence-corrected chi connectivity index (χ4v) is 2.67. The predicted octanol–water partition coefficient (Wildman–Crippen LogP) is 3.00. The van der Waals surface area contributed by atoms with Crippen molar-refractivity contribution in [2.45, 2.75) is 32.7 Å². The first kappa shape index (κ1) is 14.1. The Balaban J connectivity index is 2.03. The third-order valence-electron chi connectivity index (χ3n) is 3.99. The highest BCUT2D eigenvalue weighted by molar-refractivity contribution is 5.98. The van der Waals surface area contributed by atoms with E-state index in [0.29, 0.717) is 18.5 Å². The van der Waals surface area contributed by atoms with Crippen molar-refractivity contribution in [2.24, 2.45) is 5.92 Å². The lowest BCUT2D eigenvalue weighted by molar-refractivity contribution is 0.0805. The number of benzene rings is 1. The summed E-state index contributed by atoms with van der Waals surface area (Å²) in [4.78, 5) is 14.6. The van der Waals surface area contributed by atoms with E-state index in [4.69, 9.17) is 4.74 Å². The molecule has 19 heavy (non-hydrogen) atoms. The molecule has 3 nitrogen and oxygen atoms in total. The zero-order valence-electron chi connectivity index (χ0n) is 12.1. The Labute approximate surface area is 115 Å². The predicted molar refractivity (Wildman–Crippen MR) is 76.8 cm³/mol. The number of rotatable bonds is 4. The molecule has 0 amide bonds. The molecule has 104 valence electrons. The Kier molecular flexibility index (Phi) is 4.59. The first-order chi connectivity index (χ1) is 9.10. The normalized spacial score (nSPS) is 24.2. The van der Waals surface area contributed by atoms with Gasteiger partial charge in [0.15, 0.2) is 5.78 Å². The van der Waals surface area contributed by atoms with Crippen LogP contribution < -0.4 is 4.74 Å². The third-order valence-corrected chi connectivity index (χ3v) is 3.99. The van der Waals surface area contributed by atoms with Crippen LogP contribution in [-0.2, 0) is 0 Å². The highest BCUT2D eigenvalue weighted by Gasteiger charge is 2.24. The van der Waals surface area contributed by atoms with Crippen LogP contribution in [0.3, 0.4) is 0 Å². The van der Waals surface area contributed by atoms with Crippen LogP contribution in [0.2, 0.25) is 0 Å². The molecule has 0 aromatic heterocycles. The Bertz CT molecular complexity index is 444. The first-order valence-electron chi connectivity index (χ1n) is 7.01. The summed E-state index contributed by atoms with van der Waals surface area (Å²) in [6.07, 6.45) is 2.46. The van der Waals surface area contributed by atoms with Gasteiger partial charge in [-0.05, 0) is 37.8 Å². The molecule has 0 bridgehead atoms. The summed E-state index contributed by atoms with van der Waals surface area (Å²) in [5.41, 5.74) is 0.741. The molecule has 1 aliphatic heterocycles. The lowest BCUT2D eigenvalue weighted by Crippen LogP contribution is -2.43. The molecule has 1 fully saturated rings. The van der Waals surface area contributed by atoms with E-state index in [-0.39, 0.29) is 5.78 Å². The Morgan fingerprint density at radius 2 is 2.16 bits per heavy atom. The molecule has 1 aliphatic rings. The maximum absolute atomic E-state index is 12.3. The molecular formula is C16H23NO2. The Morgan fingerprint density at radius 3 is 2.89 bits per heavy atom. The Morgan fingerprint density at radius 1 is 1.37 bits per heavy atom. The number of carbonyl (C=O) groups excluding carboxylic acids is 1. The minimum absolute atomic E-state index is 0.180. The zero-order chi connectivity index (χ0) is 13.8. The fourth-order valence-electron chi connectivity index (χ4n) is 2.67. The van der Waals surface area contributed by atoms with Crippen LogP contribution in [0.1, 0.15) is 37.0 Å². The van der Waals surface area contributed by atoms with Crippen molar-refractivity contribution in [3.8, 4) is 5.75 Å². The van der Waals surface area contributed by atoms with Crippen LogP contribution in [0.15, 0.2) is 24.3 Å². The highest BCUT2D eigenvalue weighted by atomic mass is 16.5. The molecule has 1 aromatic rings. The minimum atomic E-state index is 0.180. The highest BCUT2D eigenvalue weighted by Crippen LogP contribution is 2.22. The molecule has 0 saturated carbocycles. The van der Waals surface area contributed by atoms with Gasteiger partial charge in [-0.3, -0.25) is 9.69 Å². The van der Waals surface area contributed by atoms with E-state index < -0.39 is 0 Å². The third kappa shape index (κ3) is 3.57. The molecule has 0 N–H and O–H groups in total. The van der Waals surface area contributed by atoms with E-state index in [1.807, 2.05) is 24.3 Å². The second-order valence-corrected chi connectivity index (χ2v) is 5.62. The molecule has 2 rings (SSSR count). The van der Waals surface area contributed by atoms with Gasteiger partial charge in [-0.2, -0.15) is 0 Å². The largest absolute Gasteiger partial charge is 0.497 e. The first-order valence-corrected chi connectivity index (χ1v) is 7.01. The summed E-state index contributed by atoms with van der Waals surface area (Å²) in [5.74, 6) is 1.61. The molecule has 2 atom stereocenters. The van der Waals surface area contributed by atoms with Gasteiger partial charge < -0.3 is 4.74 Å². The lowest BCUT2D eigenvalue weighted by atomic mass is 9.94. The van der Waals surface area contributed by atoms with Crippen molar-refractivity contribution >= 4 is 5.78 Å². The summed E-state index contributed by atoms with van der Waals surface area (Å²) in [6.45, 7) is 6.01. The van der Waals surface area contributed by atoms with Crippen molar-refractivity contribution in [1.82, 2.24) is 4.90 Å². The summed E-state index contributed by atoms with van der Waals surface area (Å²) in [7, 11) is 1.62. The van der Waals surface area contributed by atoms with Gasteiger partial charge in [0.05, 0.1) is 13.7 Å². The summed E-state index contributed by atoms with van der Waals surface area (Å²) in [5, 5.41) is 0. The number of Topliss-reactive ketones (excluding diaryl/α,β-unsaturated/α-hetero) is 1. The standard InChI is InChI=1S/C16H23NO2/c1-12-7-8-13(2)17(10-12)11-16(18)14-5-4-6-15(9-14)19-3/h4-6,9,12-13H,7-8,10-11H2,1-3H3. The Hall–Kier alpha value is -1.35. The molecule has 0 spiro atoms. The zero-order valence-corrected chi connectivity index (χ0v) is 12.1. The molecule has 0 radical (unpaired) electrons. The van der Waals surface area contributed by atoms with E-state index in [9.17, 15) is 4.79 Å². The molecule has 3 heteroatoms. The number of nitrogens with zero attached hydrogens (tertiary/aromatic N) is 1. The van der Waals surface area contributed by atoms with Gasteiger partial charge in [0, 0.05) is 18.2 Å². The van der Waals surface area contributed by atoms with Gasteiger partial charge in [-0.25, -0.2) is 0 Å². The average Bonchev–Trinajstić information content (AvgIpc) is 2.43. The summed E-state index contributed by atoms with van der Waals surface area (Å²) in [6, 6.07) is 7.92. The molecule has 1 saturated heterocycles. The van der Waals surface area contributed by atoms with Gasteiger partial charge in [-0.15, -0.1) is 0 Å². The average molecular weight is 261 g/mol. The van der Waals surface area contributed by atoms with E-state index in [2.05, 4.69) is 18.7 Å². The molecule has 2 unspecified atom stereocenters. The van der Waals surface area contributed by atoms with Gasteiger partial charge in [0.25, 0.3) is 0 Å². The van der Waals surface area contributed by atoms with Crippen LogP contribution in [0, 0.1) is 5.92 Å². The second-order valence-electron chi connectivity index (χ2n) is 5.62. The van der Waals surface area contributed by atoms with Gasteiger partial charge in [0.2, 0.25) is 0 Å². The maximum atomic E-state index is 12.3. The van der Waals surface area contributed by atoms with Crippen LogP contribution in [0.25, 0.3) is 0 Å². The number of hydrogen-bond donors (Lipinski definition) is 0. The molecule has 1 aromatic carbocycles. The number of hydrogen-bond acceptors (Lipinski definition) is 3. The van der Waals surface area contributed by atoms with Gasteiger partial charge in [0.1, 0.15) is 5.75 Å². The number of ketones is 1. The fraction of sp³-hybridized carbons (Fsp3) is 0.562. The van der Waals surface area contributed by atoms with Crippen molar-refractivity contribution in [1.29, 1.82) is 0 Å². The van der Waals surface area contributed by atoms with Crippen molar-refractivity contribution < 1.29 is 9.53 Å². The quantitative estimate of drug-likeness (QED) is 0.780.